The van der Waals surface area contributed by atoms with Crippen LogP contribution < -0.4 is 5.43 Å². The molecule has 0 saturated carbocycles. The molecule has 0 fully saturated rings. The maximum atomic E-state index is 12.0. The number of allylic oxidation sites excluding steroid dienone is 2. The van der Waals surface area contributed by atoms with Crippen molar-refractivity contribution in [2.24, 2.45) is 5.41 Å². The predicted octanol–water partition coefficient (Wildman–Crippen LogP) is 4.73. The van der Waals surface area contributed by atoms with Crippen LogP contribution in [-0.4, -0.2) is 14.7 Å². The Hall–Kier alpha value is -2.62. The summed E-state index contributed by atoms with van der Waals surface area (Å²) in [6.45, 7) is 7.59. The predicted molar refractivity (Wildman–Crippen MR) is 105 cm³/mol. The second kappa shape index (κ2) is 5.97. The van der Waals surface area contributed by atoms with Crippen molar-refractivity contribution >= 4 is 11.0 Å². The van der Waals surface area contributed by atoms with Gasteiger partial charge in [-0.25, -0.2) is 4.98 Å². The van der Waals surface area contributed by atoms with Crippen molar-refractivity contribution in [3.63, 3.8) is 0 Å². The zero-order chi connectivity index (χ0) is 18.5. The standard InChI is InChI=1S/C22H24N2O2/c1-14-12-22(2,3)10-9-15(14)13-24-18-5-4-6-20(26)21(18)23-17-8-7-16(25)11-19(17)24/h4-8,11,26H,9-10,12-13H2,1-3H3. The van der Waals surface area contributed by atoms with E-state index in [1.54, 1.807) is 18.2 Å². The third kappa shape index (κ3) is 2.90. The molecule has 3 aliphatic rings. The van der Waals surface area contributed by atoms with Crippen LogP contribution >= 0.6 is 0 Å². The van der Waals surface area contributed by atoms with Gasteiger partial charge in [0.25, 0.3) is 0 Å². The number of fused-ring (bicyclic) bond motifs is 2. The third-order valence-corrected chi connectivity index (χ3v) is 5.55. The average molecular weight is 348 g/mol. The summed E-state index contributed by atoms with van der Waals surface area (Å²) in [4.78, 5) is 16.6. The number of phenols is 1. The Labute approximate surface area is 153 Å². The summed E-state index contributed by atoms with van der Waals surface area (Å²) in [5, 5.41) is 10.3. The number of hydrogen-bond donors (Lipinski definition) is 1. The molecule has 0 unspecified atom stereocenters. The monoisotopic (exact) mass is 348 g/mol. The Bertz CT molecular complexity index is 1060. The molecular weight excluding hydrogens is 324 g/mol. The zero-order valence-electron chi connectivity index (χ0n) is 15.5. The first kappa shape index (κ1) is 16.8. The summed E-state index contributed by atoms with van der Waals surface area (Å²) in [7, 11) is 0. The summed E-state index contributed by atoms with van der Waals surface area (Å²) < 4.78 is 2.13. The molecule has 0 radical (unpaired) electrons. The number of aromatic hydroxyl groups is 1. The number of phenolic OH excluding ortho intramolecular Hbond substituents is 1. The lowest BCUT2D eigenvalue weighted by Crippen LogP contribution is -2.20. The number of rotatable bonds is 2. The van der Waals surface area contributed by atoms with Gasteiger partial charge < -0.3 is 9.67 Å². The van der Waals surface area contributed by atoms with Crippen LogP contribution in [-0.2, 0) is 6.54 Å². The van der Waals surface area contributed by atoms with Crippen LogP contribution in [0.25, 0.3) is 22.4 Å². The van der Waals surface area contributed by atoms with Gasteiger partial charge in [-0.1, -0.05) is 31.1 Å². The topological polar surface area (TPSA) is 55.1 Å². The van der Waals surface area contributed by atoms with E-state index in [-0.39, 0.29) is 11.2 Å². The van der Waals surface area contributed by atoms with E-state index in [4.69, 9.17) is 0 Å². The molecule has 1 N–H and O–H groups in total. The van der Waals surface area contributed by atoms with Gasteiger partial charge in [0.2, 0.25) is 0 Å². The molecule has 4 nitrogen and oxygen atoms in total. The van der Waals surface area contributed by atoms with Crippen LogP contribution in [0.4, 0.5) is 0 Å². The van der Waals surface area contributed by atoms with Gasteiger partial charge in [0.1, 0.15) is 11.3 Å². The first-order valence-corrected chi connectivity index (χ1v) is 9.14. The van der Waals surface area contributed by atoms with Gasteiger partial charge in [-0.05, 0) is 55.9 Å². The van der Waals surface area contributed by atoms with Crippen LogP contribution in [0.15, 0.2) is 52.3 Å². The van der Waals surface area contributed by atoms with Crippen LogP contribution in [0.3, 0.4) is 0 Å². The molecule has 26 heavy (non-hydrogen) atoms. The van der Waals surface area contributed by atoms with Crippen LogP contribution in [0.1, 0.15) is 40.0 Å². The molecule has 1 aliphatic heterocycles. The lowest BCUT2D eigenvalue weighted by molar-refractivity contribution is 0.310. The van der Waals surface area contributed by atoms with E-state index in [9.17, 15) is 9.90 Å². The van der Waals surface area contributed by atoms with Crippen molar-refractivity contribution in [3.05, 3.63) is 57.8 Å². The second-order valence-corrected chi connectivity index (χ2v) is 8.22. The zero-order valence-corrected chi connectivity index (χ0v) is 15.5. The Morgan fingerprint density at radius 3 is 2.81 bits per heavy atom. The van der Waals surface area contributed by atoms with Gasteiger partial charge >= 0.3 is 0 Å². The van der Waals surface area contributed by atoms with Crippen molar-refractivity contribution < 1.29 is 5.11 Å². The average Bonchev–Trinajstić information content (AvgIpc) is 2.57. The van der Waals surface area contributed by atoms with Crippen LogP contribution in [0, 0.1) is 5.41 Å². The van der Waals surface area contributed by atoms with E-state index >= 15 is 0 Å². The highest BCUT2D eigenvalue weighted by Crippen LogP contribution is 2.40. The Morgan fingerprint density at radius 2 is 2.04 bits per heavy atom. The Balaban J connectivity index is 1.94. The molecule has 0 spiro atoms. The minimum atomic E-state index is -0.0250. The van der Waals surface area contributed by atoms with E-state index in [0.29, 0.717) is 10.9 Å². The van der Waals surface area contributed by atoms with Crippen LogP contribution in [0.2, 0.25) is 0 Å². The Kier molecular flexibility index (Phi) is 3.87. The van der Waals surface area contributed by atoms with E-state index in [1.807, 2.05) is 12.1 Å². The van der Waals surface area contributed by atoms with Crippen molar-refractivity contribution in [1.29, 1.82) is 0 Å². The fourth-order valence-electron chi connectivity index (χ4n) is 4.13. The van der Waals surface area contributed by atoms with Gasteiger partial charge in [-0.2, -0.15) is 0 Å². The number of nitrogens with zero attached hydrogens (tertiary/aromatic N) is 2. The second-order valence-electron chi connectivity index (χ2n) is 8.22. The largest absolute Gasteiger partial charge is 0.506 e. The van der Waals surface area contributed by atoms with Crippen molar-refractivity contribution in [3.8, 4) is 17.1 Å². The van der Waals surface area contributed by atoms with Gasteiger partial charge in [0, 0.05) is 12.6 Å². The minimum absolute atomic E-state index is 0.0250. The lowest BCUT2D eigenvalue weighted by Gasteiger charge is -2.33. The SMILES string of the molecule is CC1=C(Cn2c3cc(=O)ccc-3nc3c(O)cccc32)CCC(C)(C)C1. The summed E-state index contributed by atoms with van der Waals surface area (Å²) in [6.07, 6.45) is 3.33. The fourth-order valence-corrected chi connectivity index (χ4v) is 4.13. The summed E-state index contributed by atoms with van der Waals surface area (Å²) in [5.41, 5.74) is 6.16. The van der Waals surface area contributed by atoms with E-state index < -0.39 is 0 Å². The maximum Gasteiger partial charge on any atom is 0.180 e. The summed E-state index contributed by atoms with van der Waals surface area (Å²) in [6, 6.07) is 10.4. The molecule has 0 bridgehead atoms. The first-order chi connectivity index (χ1) is 12.3. The minimum Gasteiger partial charge on any atom is -0.506 e. The quantitative estimate of drug-likeness (QED) is 0.538. The van der Waals surface area contributed by atoms with E-state index in [1.165, 1.54) is 23.6 Å². The molecule has 1 aromatic rings. The molecule has 0 aromatic heterocycles. The van der Waals surface area contributed by atoms with E-state index in [2.05, 4.69) is 30.3 Å². The smallest absolute Gasteiger partial charge is 0.180 e. The first-order valence-electron chi connectivity index (χ1n) is 9.14. The highest BCUT2D eigenvalue weighted by Gasteiger charge is 2.26. The van der Waals surface area contributed by atoms with Gasteiger partial charge in [0.05, 0.1) is 16.9 Å². The molecule has 0 amide bonds. The number of benzene rings is 2. The molecule has 134 valence electrons. The van der Waals surface area contributed by atoms with Crippen molar-refractivity contribution in [2.75, 3.05) is 0 Å². The number of aromatic nitrogens is 2. The molecule has 1 heterocycles. The normalized spacial score (nSPS) is 17.2. The van der Waals surface area contributed by atoms with E-state index in [0.717, 1.165) is 36.3 Å². The summed E-state index contributed by atoms with van der Waals surface area (Å²) in [5.74, 6) is 0.167. The molecule has 0 atom stereocenters. The Morgan fingerprint density at radius 1 is 1.23 bits per heavy atom. The molecule has 1 aromatic carbocycles. The van der Waals surface area contributed by atoms with Crippen molar-refractivity contribution in [1.82, 2.24) is 9.55 Å². The third-order valence-electron chi connectivity index (χ3n) is 5.55. The van der Waals surface area contributed by atoms with Crippen LogP contribution in [0.5, 0.6) is 5.75 Å². The lowest BCUT2D eigenvalue weighted by atomic mass is 9.75. The van der Waals surface area contributed by atoms with Gasteiger partial charge in [0.15, 0.2) is 5.43 Å². The fraction of sp³-hybridized carbons (Fsp3) is 0.364. The van der Waals surface area contributed by atoms with Gasteiger partial charge in [-0.3, -0.25) is 4.79 Å². The molecule has 4 rings (SSSR count). The maximum absolute atomic E-state index is 12.0. The number of para-hydroxylation sites is 1. The molecule has 4 heteroatoms. The highest BCUT2D eigenvalue weighted by molar-refractivity contribution is 5.85. The van der Waals surface area contributed by atoms with Gasteiger partial charge in [-0.15, -0.1) is 0 Å². The summed E-state index contributed by atoms with van der Waals surface area (Å²) >= 11 is 0. The molecular formula is C22H24N2O2. The number of hydrogen-bond acceptors (Lipinski definition) is 3. The molecule has 0 saturated heterocycles. The van der Waals surface area contributed by atoms with Crippen molar-refractivity contribution in [2.45, 2.75) is 46.6 Å². The highest BCUT2D eigenvalue weighted by atomic mass is 16.3. The molecule has 2 aliphatic carbocycles.